The molecule has 0 aromatic carbocycles. The third kappa shape index (κ3) is 4.20. The van der Waals surface area contributed by atoms with Gasteiger partial charge in [-0.1, -0.05) is 13.8 Å². The van der Waals surface area contributed by atoms with Gasteiger partial charge in [-0.15, -0.1) is 0 Å². The molecule has 0 bridgehead atoms. The number of amides is 1. The fraction of sp³-hybridized carbons (Fsp3) is 0.833. The van der Waals surface area contributed by atoms with Gasteiger partial charge in [0.15, 0.2) is 0 Å². The summed E-state index contributed by atoms with van der Waals surface area (Å²) in [6, 6.07) is 0.152. The molecule has 0 radical (unpaired) electrons. The topological polar surface area (TPSA) is 63.5 Å². The molecule has 0 unspecified atom stereocenters. The summed E-state index contributed by atoms with van der Waals surface area (Å²) in [4.78, 5) is 21.8. The summed E-state index contributed by atoms with van der Waals surface area (Å²) in [5, 5.41) is 4.26. The Morgan fingerprint density at radius 2 is 1.92 bits per heavy atom. The zero-order valence-corrected chi connectivity index (χ0v) is 15.8. The summed E-state index contributed by atoms with van der Waals surface area (Å²) in [5.74, 6) is 0.526. The van der Waals surface area contributed by atoms with Crippen LogP contribution in [0.5, 0.6) is 0 Å². The van der Waals surface area contributed by atoms with E-state index in [0.717, 1.165) is 39.0 Å². The van der Waals surface area contributed by atoms with E-state index in [9.17, 15) is 4.79 Å². The van der Waals surface area contributed by atoms with Crippen LogP contribution in [0.1, 0.15) is 46.6 Å². The highest BCUT2D eigenvalue weighted by Gasteiger charge is 2.37. The molecule has 3 rings (SSSR count). The second kappa shape index (κ2) is 7.83. The number of ether oxygens (including phenoxy) is 1. The second-order valence-electron chi connectivity index (χ2n) is 7.86. The SMILES string of the molecule is CC(C)[C@@H](C(=O)N1CCC[C@H](n2cncn2)C1)N1C[C@@H](C)O[C@@H](C)C1. The Bertz CT molecular complexity index is 552. The Kier molecular flexibility index (Phi) is 5.74. The first-order chi connectivity index (χ1) is 12.0. The van der Waals surface area contributed by atoms with Crippen molar-refractivity contribution in [1.82, 2.24) is 24.6 Å². The van der Waals surface area contributed by atoms with Crippen molar-refractivity contribution >= 4 is 5.91 Å². The van der Waals surface area contributed by atoms with E-state index in [1.807, 2.05) is 9.58 Å². The molecule has 0 saturated carbocycles. The highest BCUT2D eigenvalue weighted by atomic mass is 16.5. The number of aromatic nitrogens is 3. The average molecular weight is 349 g/mol. The number of hydrogen-bond acceptors (Lipinski definition) is 5. The molecule has 2 saturated heterocycles. The van der Waals surface area contributed by atoms with E-state index >= 15 is 0 Å². The summed E-state index contributed by atoms with van der Waals surface area (Å²) in [5.41, 5.74) is 0. The molecule has 2 aliphatic rings. The van der Waals surface area contributed by atoms with Crippen molar-refractivity contribution < 1.29 is 9.53 Å². The lowest BCUT2D eigenvalue weighted by Gasteiger charge is -2.43. The van der Waals surface area contributed by atoms with E-state index in [0.29, 0.717) is 0 Å². The first kappa shape index (κ1) is 18.3. The van der Waals surface area contributed by atoms with Crippen LogP contribution < -0.4 is 0 Å². The first-order valence-corrected chi connectivity index (χ1v) is 9.48. The lowest BCUT2D eigenvalue weighted by Crippen LogP contribution is -2.58. The second-order valence-corrected chi connectivity index (χ2v) is 7.86. The molecule has 7 nitrogen and oxygen atoms in total. The molecule has 3 heterocycles. The predicted molar refractivity (Wildman–Crippen MR) is 95.1 cm³/mol. The highest BCUT2D eigenvalue weighted by molar-refractivity contribution is 5.82. The summed E-state index contributed by atoms with van der Waals surface area (Å²) in [7, 11) is 0. The molecular formula is C18H31N5O2. The van der Waals surface area contributed by atoms with Crippen LogP contribution in [0.4, 0.5) is 0 Å². The molecule has 1 aromatic rings. The number of piperidine rings is 1. The zero-order chi connectivity index (χ0) is 18.0. The predicted octanol–water partition coefficient (Wildman–Crippen LogP) is 1.58. The van der Waals surface area contributed by atoms with E-state index in [2.05, 4.69) is 42.7 Å². The molecule has 7 heteroatoms. The first-order valence-electron chi connectivity index (χ1n) is 9.48. The van der Waals surface area contributed by atoms with E-state index in [4.69, 9.17) is 4.74 Å². The third-order valence-corrected chi connectivity index (χ3v) is 5.24. The van der Waals surface area contributed by atoms with Crippen molar-refractivity contribution in [2.24, 2.45) is 5.92 Å². The van der Waals surface area contributed by atoms with Gasteiger partial charge in [0.2, 0.25) is 5.91 Å². The molecule has 2 aliphatic heterocycles. The van der Waals surface area contributed by atoms with Gasteiger partial charge in [0.1, 0.15) is 12.7 Å². The molecule has 140 valence electrons. The molecule has 1 amide bonds. The summed E-state index contributed by atoms with van der Waals surface area (Å²) in [6.45, 7) is 11.7. The monoisotopic (exact) mass is 349 g/mol. The van der Waals surface area contributed by atoms with Crippen molar-refractivity contribution in [1.29, 1.82) is 0 Å². The van der Waals surface area contributed by atoms with Gasteiger partial charge >= 0.3 is 0 Å². The molecule has 0 aliphatic carbocycles. The summed E-state index contributed by atoms with van der Waals surface area (Å²) < 4.78 is 7.74. The van der Waals surface area contributed by atoms with Crippen LogP contribution in [0.15, 0.2) is 12.7 Å². The van der Waals surface area contributed by atoms with Crippen molar-refractivity contribution in [3.8, 4) is 0 Å². The van der Waals surface area contributed by atoms with E-state index in [1.165, 1.54) is 0 Å². The molecule has 0 spiro atoms. The maximum Gasteiger partial charge on any atom is 0.240 e. The molecular weight excluding hydrogens is 318 g/mol. The van der Waals surface area contributed by atoms with Gasteiger partial charge < -0.3 is 9.64 Å². The fourth-order valence-electron chi connectivity index (χ4n) is 4.27. The van der Waals surface area contributed by atoms with Crippen molar-refractivity contribution in [3.05, 3.63) is 12.7 Å². The number of likely N-dealkylation sites (tertiary alicyclic amines) is 1. The van der Waals surface area contributed by atoms with Crippen LogP contribution in [-0.4, -0.2) is 74.9 Å². The number of hydrogen-bond donors (Lipinski definition) is 0. The minimum atomic E-state index is -0.0803. The normalized spacial score (nSPS) is 29.8. The molecule has 0 N–H and O–H groups in total. The summed E-state index contributed by atoms with van der Waals surface area (Å²) >= 11 is 0. The van der Waals surface area contributed by atoms with Crippen molar-refractivity contribution in [2.45, 2.75) is 64.8 Å². The number of carbonyl (C=O) groups excluding carboxylic acids is 1. The van der Waals surface area contributed by atoms with E-state index < -0.39 is 0 Å². The molecule has 1 aromatic heterocycles. The fourth-order valence-corrected chi connectivity index (χ4v) is 4.27. The smallest absolute Gasteiger partial charge is 0.240 e. The minimum absolute atomic E-state index is 0.0803. The molecule has 2 fully saturated rings. The van der Waals surface area contributed by atoms with Gasteiger partial charge in [-0.25, -0.2) is 9.67 Å². The van der Waals surface area contributed by atoms with Gasteiger partial charge in [-0.2, -0.15) is 5.10 Å². The van der Waals surface area contributed by atoms with Crippen LogP contribution in [0, 0.1) is 5.92 Å². The van der Waals surface area contributed by atoms with Gasteiger partial charge in [-0.05, 0) is 32.6 Å². The van der Waals surface area contributed by atoms with Crippen LogP contribution in [-0.2, 0) is 9.53 Å². The van der Waals surface area contributed by atoms with Gasteiger partial charge in [0.25, 0.3) is 0 Å². The third-order valence-electron chi connectivity index (χ3n) is 5.24. The van der Waals surface area contributed by atoms with Gasteiger partial charge in [0.05, 0.1) is 24.3 Å². The Morgan fingerprint density at radius 3 is 2.52 bits per heavy atom. The quantitative estimate of drug-likeness (QED) is 0.826. The summed E-state index contributed by atoms with van der Waals surface area (Å²) in [6.07, 6.45) is 5.71. The lowest BCUT2D eigenvalue weighted by atomic mass is 9.97. The Balaban J connectivity index is 1.71. The zero-order valence-electron chi connectivity index (χ0n) is 15.8. The van der Waals surface area contributed by atoms with Gasteiger partial charge in [0, 0.05) is 26.2 Å². The van der Waals surface area contributed by atoms with Crippen molar-refractivity contribution in [2.75, 3.05) is 26.2 Å². The lowest BCUT2D eigenvalue weighted by molar-refractivity contribution is -0.147. The average Bonchev–Trinajstić information content (AvgIpc) is 3.08. The number of morpholine rings is 1. The van der Waals surface area contributed by atoms with E-state index in [1.54, 1.807) is 12.7 Å². The maximum absolute atomic E-state index is 13.4. The van der Waals surface area contributed by atoms with E-state index in [-0.39, 0.29) is 36.1 Å². The number of rotatable bonds is 4. The Hall–Kier alpha value is -1.47. The minimum Gasteiger partial charge on any atom is -0.373 e. The molecule has 25 heavy (non-hydrogen) atoms. The number of nitrogens with zero attached hydrogens (tertiary/aromatic N) is 5. The highest BCUT2D eigenvalue weighted by Crippen LogP contribution is 2.25. The maximum atomic E-state index is 13.4. The standard InChI is InChI=1S/C18H31N5O2/c1-13(2)17(22-8-14(3)25-15(4)9-22)18(24)21-7-5-6-16(10-21)23-12-19-11-20-23/h11-17H,5-10H2,1-4H3/t14-,15+,16-,17-/m0/s1. The van der Waals surface area contributed by atoms with Crippen LogP contribution in [0.3, 0.4) is 0 Å². The van der Waals surface area contributed by atoms with Crippen LogP contribution in [0.2, 0.25) is 0 Å². The van der Waals surface area contributed by atoms with Crippen LogP contribution in [0.25, 0.3) is 0 Å². The largest absolute Gasteiger partial charge is 0.373 e. The van der Waals surface area contributed by atoms with Gasteiger partial charge in [-0.3, -0.25) is 9.69 Å². The Morgan fingerprint density at radius 1 is 1.20 bits per heavy atom. The number of carbonyl (C=O) groups is 1. The van der Waals surface area contributed by atoms with Crippen molar-refractivity contribution in [3.63, 3.8) is 0 Å². The Labute approximate surface area is 150 Å². The van der Waals surface area contributed by atoms with Crippen LogP contribution >= 0.6 is 0 Å². The molecule has 4 atom stereocenters.